The highest BCUT2D eigenvalue weighted by Crippen LogP contribution is 2.21. The highest BCUT2D eigenvalue weighted by Gasteiger charge is 2.06. The molecule has 0 saturated carbocycles. The van der Waals surface area contributed by atoms with Crippen LogP contribution in [0.5, 0.6) is 0 Å². The fourth-order valence-corrected chi connectivity index (χ4v) is 4.24. The van der Waals surface area contributed by atoms with Crippen molar-refractivity contribution in [2.45, 2.75) is 37.6 Å². The van der Waals surface area contributed by atoms with E-state index in [1.807, 2.05) is 31.2 Å². The number of rotatable bonds is 8. The van der Waals surface area contributed by atoms with E-state index in [-0.39, 0.29) is 5.75 Å². The molecule has 2 aromatic carbocycles. The molecule has 0 aliphatic carbocycles. The lowest BCUT2D eigenvalue weighted by molar-refractivity contribution is 0.601. The van der Waals surface area contributed by atoms with E-state index in [0.717, 1.165) is 23.6 Å². The Balaban J connectivity index is 2.02. The second kappa shape index (κ2) is 10.5. The number of benzene rings is 2. The first kappa shape index (κ1) is 22.3. The van der Waals surface area contributed by atoms with Crippen molar-refractivity contribution >= 4 is 27.6 Å². The monoisotopic (exact) mass is 419 g/mol. The van der Waals surface area contributed by atoms with E-state index in [1.54, 1.807) is 11.8 Å². The zero-order chi connectivity index (χ0) is 20.6. The fourth-order valence-electron chi connectivity index (χ4n) is 2.73. The summed E-state index contributed by atoms with van der Waals surface area (Å²) in [5.41, 5.74) is 4.33. The topological polar surface area (TPSA) is 70.6 Å². The number of hydrogen-bond acceptors (Lipinski definition) is 4. The lowest BCUT2D eigenvalue weighted by atomic mass is 10.1. The van der Waals surface area contributed by atoms with E-state index >= 15 is 0 Å². The Labute approximate surface area is 173 Å². The molecule has 0 heterocycles. The molecule has 0 aliphatic heterocycles. The summed E-state index contributed by atoms with van der Waals surface area (Å²) in [7, 11) is -3.01. The van der Waals surface area contributed by atoms with Crippen LogP contribution in [0.4, 0.5) is 0 Å². The molecular formula is C21H29N3O2S2. The standard InChI is InChI=1S/C21H29N3O2S2/c1-5-22-21(24-14-19-11-6-16(2)12-20(19)27-3)23-13-17-7-9-18(10-8-17)15-28(4,25)26/h6-12H,5,13-15H2,1-4H3,(H2,22,23,24). The third-order valence-corrected chi connectivity index (χ3v) is 5.78. The minimum Gasteiger partial charge on any atom is -0.357 e. The van der Waals surface area contributed by atoms with Gasteiger partial charge in [-0.1, -0.05) is 36.4 Å². The van der Waals surface area contributed by atoms with Gasteiger partial charge in [-0.3, -0.25) is 0 Å². The van der Waals surface area contributed by atoms with Crippen LogP contribution in [-0.4, -0.2) is 33.4 Å². The molecule has 0 fully saturated rings. The lowest BCUT2D eigenvalue weighted by Crippen LogP contribution is -2.36. The summed E-state index contributed by atoms with van der Waals surface area (Å²) < 4.78 is 22.8. The Hall–Kier alpha value is -1.99. The van der Waals surface area contributed by atoms with Crippen LogP contribution in [0.25, 0.3) is 0 Å². The van der Waals surface area contributed by atoms with Crippen LogP contribution in [0, 0.1) is 6.92 Å². The number of aliphatic imine (C=N–C) groups is 1. The Morgan fingerprint density at radius 2 is 1.75 bits per heavy atom. The molecule has 0 amide bonds. The number of sulfone groups is 1. The van der Waals surface area contributed by atoms with Crippen LogP contribution in [0.15, 0.2) is 52.4 Å². The highest BCUT2D eigenvalue weighted by atomic mass is 32.2. The minimum atomic E-state index is -3.01. The Kier molecular flexibility index (Phi) is 8.38. The zero-order valence-corrected chi connectivity index (χ0v) is 18.6. The van der Waals surface area contributed by atoms with E-state index in [0.29, 0.717) is 13.1 Å². The summed E-state index contributed by atoms with van der Waals surface area (Å²) in [6, 6.07) is 14.0. The predicted octanol–water partition coefficient (Wildman–Crippen LogP) is 3.52. The maximum Gasteiger partial charge on any atom is 0.191 e. The molecule has 0 spiro atoms. The van der Waals surface area contributed by atoms with Gasteiger partial charge in [0, 0.05) is 24.2 Å². The van der Waals surface area contributed by atoms with E-state index in [1.165, 1.54) is 22.3 Å². The number of nitrogens with zero attached hydrogens (tertiary/aromatic N) is 1. The second-order valence-corrected chi connectivity index (χ2v) is 9.74. The largest absolute Gasteiger partial charge is 0.357 e. The van der Waals surface area contributed by atoms with Crippen molar-refractivity contribution in [2.24, 2.45) is 4.99 Å². The molecule has 2 N–H and O–H groups in total. The van der Waals surface area contributed by atoms with Gasteiger partial charge in [0.1, 0.15) is 0 Å². The Bertz CT molecular complexity index is 908. The molecule has 0 unspecified atom stereocenters. The molecule has 0 saturated heterocycles. The second-order valence-electron chi connectivity index (χ2n) is 6.75. The molecule has 28 heavy (non-hydrogen) atoms. The van der Waals surface area contributed by atoms with E-state index in [4.69, 9.17) is 0 Å². The van der Waals surface area contributed by atoms with Crippen LogP contribution < -0.4 is 10.6 Å². The SMILES string of the molecule is CCNC(=NCc1ccc(CS(C)(=O)=O)cc1)NCc1ccc(C)cc1SC. The van der Waals surface area contributed by atoms with Gasteiger partial charge in [-0.05, 0) is 48.4 Å². The summed E-state index contributed by atoms with van der Waals surface area (Å²) in [6.45, 7) is 6.15. The van der Waals surface area contributed by atoms with Gasteiger partial charge in [0.25, 0.3) is 0 Å². The lowest BCUT2D eigenvalue weighted by Gasteiger charge is -2.14. The average molecular weight is 420 g/mol. The van der Waals surface area contributed by atoms with Gasteiger partial charge in [-0.15, -0.1) is 11.8 Å². The number of nitrogens with one attached hydrogen (secondary N) is 2. The summed E-state index contributed by atoms with van der Waals surface area (Å²) in [4.78, 5) is 5.91. The zero-order valence-electron chi connectivity index (χ0n) is 17.0. The van der Waals surface area contributed by atoms with E-state index < -0.39 is 9.84 Å². The molecule has 0 radical (unpaired) electrons. The van der Waals surface area contributed by atoms with Gasteiger partial charge in [-0.25, -0.2) is 13.4 Å². The van der Waals surface area contributed by atoms with E-state index in [2.05, 4.69) is 47.0 Å². The molecular weight excluding hydrogens is 390 g/mol. The summed E-state index contributed by atoms with van der Waals surface area (Å²) >= 11 is 1.75. The number of thioether (sulfide) groups is 1. The smallest absolute Gasteiger partial charge is 0.191 e. The molecule has 0 aliphatic rings. The third-order valence-electron chi connectivity index (χ3n) is 4.10. The summed E-state index contributed by atoms with van der Waals surface area (Å²) in [5.74, 6) is 0.824. The molecule has 2 aromatic rings. The quantitative estimate of drug-likeness (QED) is 0.389. The van der Waals surface area contributed by atoms with Crippen molar-refractivity contribution in [2.75, 3.05) is 19.1 Å². The first-order chi connectivity index (χ1) is 13.3. The summed E-state index contributed by atoms with van der Waals surface area (Å²) in [6.07, 6.45) is 3.33. The van der Waals surface area contributed by atoms with Crippen molar-refractivity contribution in [3.63, 3.8) is 0 Å². The van der Waals surface area contributed by atoms with Crippen molar-refractivity contribution < 1.29 is 8.42 Å². The van der Waals surface area contributed by atoms with Gasteiger partial charge in [0.2, 0.25) is 0 Å². The highest BCUT2D eigenvalue weighted by molar-refractivity contribution is 7.98. The van der Waals surface area contributed by atoms with Gasteiger partial charge < -0.3 is 10.6 Å². The maximum atomic E-state index is 11.4. The van der Waals surface area contributed by atoms with Crippen molar-refractivity contribution in [3.8, 4) is 0 Å². The first-order valence-corrected chi connectivity index (χ1v) is 12.5. The normalized spacial score (nSPS) is 12.1. The molecule has 5 nitrogen and oxygen atoms in total. The van der Waals surface area contributed by atoms with Crippen molar-refractivity contribution in [1.82, 2.24) is 10.6 Å². The Morgan fingerprint density at radius 3 is 2.36 bits per heavy atom. The van der Waals surface area contributed by atoms with Crippen LogP contribution in [0.2, 0.25) is 0 Å². The molecule has 152 valence electrons. The van der Waals surface area contributed by atoms with Crippen LogP contribution in [-0.2, 0) is 28.7 Å². The van der Waals surface area contributed by atoms with Gasteiger partial charge in [0.05, 0.1) is 12.3 Å². The van der Waals surface area contributed by atoms with Gasteiger partial charge in [-0.2, -0.15) is 0 Å². The molecule has 7 heteroatoms. The molecule has 0 aromatic heterocycles. The number of guanidine groups is 1. The average Bonchev–Trinajstić information content (AvgIpc) is 2.64. The predicted molar refractivity (Wildman–Crippen MR) is 120 cm³/mol. The number of aryl methyl sites for hydroxylation is 1. The molecule has 2 rings (SSSR count). The summed E-state index contributed by atoms with van der Waals surface area (Å²) in [5, 5.41) is 6.66. The van der Waals surface area contributed by atoms with Crippen LogP contribution >= 0.6 is 11.8 Å². The van der Waals surface area contributed by atoms with Crippen LogP contribution in [0.3, 0.4) is 0 Å². The first-order valence-electron chi connectivity index (χ1n) is 9.22. The Morgan fingerprint density at radius 1 is 1.07 bits per heavy atom. The third kappa shape index (κ3) is 7.56. The van der Waals surface area contributed by atoms with Gasteiger partial charge >= 0.3 is 0 Å². The fraction of sp³-hybridized carbons (Fsp3) is 0.381. The van der Waals surface area contributed by atoms with Crippen molar-refractivity contribution in [1.29, 1.82) is 0 Å². The molecule has 0 atom stereocenters. The molecule has 0 bridgehead atoms. The number of hydrogen-bond donors (Lipinski definition) is 2. The van der Waals surface area contributed by atoms with E-state index in [9.17, 15) is 8.42 Å². The maximum absolute atomic E-state index is 11.4. The minimum absolute atomic E-state index is 0.0646. The van der Waals surface area contributed by atoms with Crippen molar-refractivity contribution in [3.05, 3.63) is 64.7 Å². The van der Waals surface area contributed by atoms with Crippen LogP contribution in [0.1, 0.15) is 29.2 Å². The van der Waals surface area contributed by atoms with Gasteiger partial charge in [0.15, 0.2) is 15.8 Å².